The van der Waals surface area contributed by atoms with Crippen LogP contribution in [-0.2, 0) is 12.8 Å². The number of hydrogen-bond acceptors (Lipinski definition) is 1. The summed E-state index contributed by atoms with van der Waals surface area (Å²) in [4.78, 5) is 4.65. The molecule has 0 amide bonds. The van der Waals surface area contributed by atoms with E-state index in [9.17, 15) is 0 Å². The van der Waals surface area contributed by atoms with E-state index in [1.54, 1.807) is 0 Å². The minimum absolute atomic E-state index is 1.14. The van der Waals surface area contributed by atoms with Crippen molar-refractivity contribution in [1.82, 2.24) is 9.38 Å². The molecule has 1 aromatic carbocycles. The lowest BCUT2D eigenvalue weighted by molar-refractivity contribution is 0.643. The van der Waals surface area contributed by atoms with Gasteiger partial charge in [0, 0.05) is 22.7 Å². The lowest BCUT2D eigenvalue weighted by Crippen LogP contribution is -2.09. The molecular formula is C15H14N2. The highest BCUT2D eigenvalue weighted by Gasteiger charge is 2.15. The quantitative estimate of drug-likeness (QED) is 0.570. The van der Waals surface area contributed by atoms with Crippen molar-refractivity contribution in [1.29, 1.82) is 0 Å². The van der Waals surface area contributed by atoms with Gasteiger partial charge in [-0.05, 0) is 25.7 Å². The molecule has 17 heavy (non-hydrogen) atoms. The number of aryl methyl sites for hydroxylation is 2. The zero-order valence-electron chi connectivity index (χ0n) is 9.69. The van der Waals surface area contributed by atoms with Crippen molar-refractivity contribution < 1.29 is 0 Å². The van der Waals surface area contributed by atoms with Crippen molar-refractivity contribution in [2.45, 2.75) is 25.7 Å². The van der Waals surface area contributed by atoms with Crippen molar-refractivity contribution >= 4 is 16.3 Å². The average molecular weight is 222 g/mol. The number of benzene rings is 1. The zero-order valence-corrected chi connectivity index (χ0v) is 9.69. The van der Waals surface area contributed by atoms with Crippen LogP contribution in [0.15, 0.2) is 36.7 Å². The fraction of sp³-hybridized carbons (Fsp3) is 0.267. The zero-order chi connectivity index (χ0) is 11.2. The van der Waals surface area contributed by atoms with Crippen LogP contribution in [0.2, 0.25) is 0 Å². The molecule has 2 aromatic heterocycles. The average Bonchev–Trinajstić information content (AvgIpc) is 2.78. The van der Waals surface area contributed by atoms with E-state index in [0.717, 1.165) is 6.42 Å². The molecule has 0 saturated carbocycles. The molecule has 0 aliphatic heterocycles. The second kappa shape index (κ2) is 3.33. The van der Waals surface area contributed by atoms with Crippen molar-refractivity contribution in [2.24, 2.45) is 0 Å². The minimum Gasteiger partial charge on any atom is -0.316 e. The van der Waals surface area contributed by atoms with E-state index < -0.39 is 0 Å². The van der Waals surface area contributed by atoms with Gasteiger partial charge in [0.1, 0.15) is 0 Å². The third-order valence-corrected chi connectivity index (χ3v) is 3.81. The van der Waals surface area contributed by atoms with Gasteiger partial charge in [-0.25, -0.2) is 0 Å². The Morgan fingerprint density at radius 3 is 2.94 bits per heavy atom. The van der Waals surface area contributed by atoms with Gasteiger partial charge in [-0.2, -0.15) is 0 Å². The molecule has 0 spiro atoms. The van der Waals surface area contributed by atoms with Gasteiger partial charge < -0.3 is 4.40 Å². The highest BCUT2D eigenvalue weighted by atomic mass is 14.9. The summed E-state index contributed by atoms with van der Waals surface area (Å²) in [6.07, 6.45) is 9.18. The number of fused-ring (bicyclic) bond motifs is 5. The molecule has 0 bridgehead atoms. The second-order valence-electron chi connectivity index (χ2n) is 4.83. The Bertz CT molecular complexity index is 709. The molecule has 0 fully saturated rings. The van der Waals surface area contributed by atoms with Crippen molar-refractivity contribution in [2.75, 3.05) is 0 Å². The third-order valence-electron chi connectivity index (χ3n) is 3.81. The van der Waals surface area contributed by atoms with Gasteiger partial charge in [0.05, 0.1) is 17.4 Å². The van der Waals surface area contributed by atoms with Gasteiger partial charge >= 0.3 is 0 Å². The summed E-state index contributed by atoms with van der Waals surface area (Å²) in [7, 11) is 0. The lowest BCUT2D eigenvalue weighted by atomic mass is 10.0. The highest BCUT2D eigenvalue weighted by molar-refractivity contribution is 5.97. The molecule has 3 aromatic rings. The molecule has 0 N–H and O–H groups in total. The van der Waals surface area contributed by atoms with Crippen LogP contribution in [0.4, 0.5) is 0 Å². The van der Waals surface area contributed by atoms with Gasteiger partial charge in [0.25, 0.3) is 0 Å². The number of hydrogen-bond donors (Lipinski definition) is 0. The van der Waals surface area contributed by atoms with Gasteiger partial charge in [-0.15, -0.1) is 0 Å². The molecule has 1 aliphatic rings. The van der Waals surface area contributed by atoms with Crippen molar-refractivity contribution in [3.63, 3.8) is 0 Å². The van der Waals surface area contributed by atoms with E-state index in [0.29, 0.717) is 0 Å². The Labute approximate surface area is 99.9 Å². The van der Waals surface area contributed by atoms with Gasteiger partial charge in [0.2, 0.25) is 0 Å². The summed E-state index contributed by atoms with van der Waals surface area (Å²) >= 11 is 0. The summed E-state index contributed by atoms with van der Waals surface area (Å²) in [6, 6.07) is 8.56. The topological polar surface area (TPSA) is 17.3 Å². The summed E-state index contributed by atoms with van der Waals surface area (Å²) in [5, 5.41) is 2.63. The van der Waals surface area contributed by atoms with E-state index >= 15 is 0 Å². The van der Waals surface area contributed by atoms with Crippen LogP contribution in [0.1, 0.15) is 24.2 Å². The molecule has 0 radical (unpaired) electrons. The lowest BCUT2D eigenvalue weighted by Gasteiger charge is -2.16. The van der Waals surface area contributed by atoms with E-state index in [-0.39, 0.29) is 0 Å². The molecule has 0 unspecified atom stereocenters. The molecule has 0 atom stereocenters. The van der Waals surface area contributed by atoms with E-state index in [4.69, 9.17) is 0 Å². The van der Waals surface area contributed by atoms with Crippen LogP contribution in [0.5, 0.6) is 0 Å². The van der Waals surface area contributed by atoms with Crippen molar-refractivity contribution in [3.8, 4) is 0 Å². The Morgan fingerprint density at radius 2 is 1.94 bits per heavy atom. The predicted octanol–water partition coefficient (Wildman–Crippen LogP) is 3.37. The maximum Gasteiger partial charge on any atom is 0.0716 e. The highest BCUT2D eigenvalue weighted by Crippen LogP contribution is 2.26. The maximum atomic E-state index is 4.65. The summed E-state index contributed by atoms with van der Waals surface area (Å²) in [5.41, 5.74) is 3.97. The van der Waals surface area contributed by atoms with E-state index in [1.165, 1.54) is 46.9 Å². The first kappa shape index (κ1) is 9.23. The predicted molar refractivity (Wildman–Crippen MR) is 69.3 cm³/mol. The summed E-state index contributed by atoms with van der Waals surface area (Å²) in [5.74, 6) is 0. The van der Waals surface area contributed by atoms with Gasteiger partial charge in [0.15, 0.2) is 0 Å². The molecule has 84 valence electrons. The first-order chi connectivity index (χ1) is 8.43. The standard InChI is InChI=1S/C15H14N2/c1-2-6-12-11(5-1)10-17-14-8-4-3-7-13(14)16-9-15(12)17/h1-2,5-6,9-10H,3-4,7-8H2. The van der Waals surface area contributed by atoms with Crippen LogP contribution >= 0.6 is 0 Å². The number of nitrogens with zero attached hydrogens (tertiary/aromatic N) is 2. The fourth-order valence-corrected chi connectivity index (χ4v) is 2.95. The Hall–Kier alpha value is -1.83. The normalized spacial score (nSPS) is 15.3. The number of rotatable bonds is 0. The third kappa shape index (κ3) is 1.24. The molecule has 4 rings (SSSR count). The molecule has 2 heterocycles. The SMILES string of the molecule is c1ccc2c(c1)cn1c3c(ncc21)CCCC3. The Morgan fingerprint density at radius 1 is 1.06 bits per heavy atom. The molecule has 2 nitrogen and oxygen atoms in total. The van der Waals surface area contributed by atoms with E-state index in [2.05, 4.69) is 39.8 Å². The maximum absolute atomic E-state index is 4.65. The Kier molecular flexibility index (Phi) is 1.81. The fourth-order valence-electron chi connectivity index (χ4n) is 2.95. The first-order valence-electron chi connectivity index (χ1n) is 6.30. The van der Waals surface area contributed by atoms with Crippen LogP contribution in [-0.4, -0.2) is 9.38 Å². The smallest absolute Gasteiger partial charge is 0.0716 e. The molecule has 1 aliphatic carbocycles. The number of aromatic nitrogens is 2. The van der Waals surface area contributed by atoms with Crippen LogP contribution in [0, 0.1) is 0 Å². The second-order valence-corrected chi connectivity index (χ2v) is 4.83. The summed E-state index contributed by atoms with van der Waals surface area (Å²) < 4.78 is 2.35. The Balaban J connectivity index is 2.16. The van der Waals surface area contributed by atoms with Gasteiger partial charge in [-0.1, -0.05) is 24.3 Å². The monoisotopic (exact) mass is 222 g/mol. The van der Waals surface area contributed by atoms with Crippen LogP contribution < -0.4 is 0 Å². The molecular weight excluding hydrogens is 208 g/mol. The molecule has 0 saturated heterocycles. The van der Waals surface area contributed by atoms with Crippen LogP contribution in [0.25, 0.3) is 16.3 Å². The summed E-state index contributed by atoms with van der Waals surface area (Å²) in [6.45, 7) is 0. The van der Waals surface area contributed by atoms with Gasteiger partial charge in [-0.3, -0.25) is 4.98 Å². The van der Waals surface area contributed by atoms with E-state index in [1.807, 2.05) is 6.20 Å². The van der Waals surface area contributed by atoms with Crippen molar-refractivity contribution in [3.05, 3.63) is 48.0 Å². The first-order valence-corrected chi connectivity index (χ1v) is 6.30. The molecule has 2 heteroatoms. The van der Waals surface area contributed by atoms with Crippen LogP contribution in [0.3, 0.4) is 0 Å². The minimum atomic E-state index is 1.14. The largest absolute Gasteiger partial charge is 0.316 e.